The van der Waals surface area contributed by atoms with E-state index in [0.29, 0.717) is 18.1 Å². The number of hydrogen-bond acceptors (Lipinski definition) is 3. The van der Waals surface area contributed by atoms with E-state index in [0.717, 1.165) is 19.4 Å². The summed E-state index contributed by atoms with van der Waals surface area (Å²) in [6.45, 7) is 8.79. The van der Waals surface area contributed by atoms with Crippen molar-refractivity contribution in [2.24, 2.45) is 0 Å². The number of amides is 1. The van der Waals surface area contributed by atoms with Crippen molar-refractivity contribution in [3.63, 3.8) is 0 Å². The van der Waals surface area contributed by atoms with E-state index in [4.69, 9.17) is 4.74 Å². The zero-order valence-corrected chi connectivity index (χ0v) is 10.6. The molecule has 2 heterocycles. The normalized spacial score (nSPS) is 34.0. The van der Waals surface area contributed by atoms with Crippen molar-refractivity contribution < 1.29 is 9.53 Å². The maximum atomic E-state index is 12.1. The van der Waals surface area contributed by atoms with Crippen molar-refractivity contribution in [1.82, 2.24) is 10.2 Å². The van der Waals surface area contributed by atoms with Crippen LogP contribution in [0.25, 0.3) is 0 Å². The summed E-state index contributed by atoms with van der Waals surface area (Å²) in [6.07, 6.45) is 2.05. The number of carbonyl (C=O) groups excluding carboxylic acids is 1. The van der Waals surface area contributed by atoms with Crippen molar-refractivity contribution in [1.29, 1.82) is 0 Å². The lowest BCUT2D eigenvalue weighted by Crippen LogP contribution is -2.59. The van der Waals surface area contributed by atoms with Gasteiger partial charge in [-0.1, -0.05) is 0 Å². The molecule has 1 amide bonds. The Labute approximate surface area is 97.3 Å². The quantitative estimate of drug-likeness (QED) is 0.684. The van der Waals surface area contributed by atoms with Crippen LogP contribution in [-0.4, -0.2) is 41.3 Å². The summed E-state index contributed by atoms with van der Waals surface area (Å²) in [6, 6.07) is 1.02. The molecule has 16 heavy (non-hydrogen) atoms. The predicted octanol–water partition coefficient (Wildman–Crippen LogP) is 1.75. The second-order valence-corrected chi connectivity index (χ2v) is 5.88. The van der Waals surface area contributed by atoms with Gasteiger partial charge in [0.15, 0.2) is 0 Å². The molecule has 0 radical (unpaired) electrons. The Bertz CT molecular complexity index is 285. The molecule has 0 aliphatic carbocycles. The predicted molar refractivity (Wildman–Crippen MR) is 62.3 cm³/mol. The number of nitrogens with zero attached hydrogens (tertiary/aromatic N) is 1. The first-order valence-electron chi connectivity index (χ1n) is 6.13. The average Bonchev–Trinajstić information content (AvgIpc) is 2.46. The molecule has 2 aliphatic heterocycles. The second-order valence-electron chi connectivity index (χ2n) is 5.88. The van der Waals surface area contributed by atoms with E-state index < -0.39 is 5.60 Å². The third-order valence-corrected chi connectivity index (χ3v) is 3.40. The molecule has 2 rings (SSSR count). The molecule has 2 fully saturated rings. The lowest BCUT2D eigenvalue weighted by molar-refractivity contribution is 0.00526. The molecule has 0 aromatic carbocycles. The summed E-state index contributed by atoms with van der Waals surface area (Å²) in [4.78, 5) is 14.0. The molecule has 4 heteroatoms. The Balaban J connectivity index is 2.07. The van der Waals surface area contributed by atoms with Crippen molar-refractivity contribution in [2.45, 2.75) is 64.3 Å². The number of hydrogen-bond donors (Lipinski definition) is 1. The standard InChI is InChI=1S/C12H22N2O2/c1-8-10-6-5-9(7-13-8)14(10)11(15)16-12(2,3)4/h8-10,13H,5-7H2,1-4H3/t8-,9-,10+/m1/s1. The van der Waals surface area contributed by atoms with Gasteiger partial charge in [0.2, 0.25) is 0 Å². The number of fused-ring (bicyclic) bond motifs is 2. The van der Waals surface area contributed by atoms with E-state index in [9.17, 15) is 4.79 Å². The van der Waals surface area contributed by atoms with Crippen LogP contribution in [0.5, 0.6) is 0 Å². The average molecular weight is 226 g/mol. The van der Waals surface area contributed by atoms with Gasteiger partial charge in [-0.25, -0.2) is 4.79 Å². The van der Waals surface area contributed by atoms with Crippen LogP contribution < -0.4 is 5.32 Å². The summed E-state index contributed by atoms with van der Waals surface area (Å²) in [5, 5.41) is 3.44. The van der Waals surface area contributed by atoms with Crippen LogP contribution in [0.3, 0.4) is 0 Å². The van der Waals surface area contributed by atoms with Crippen LogP contribution in [-0.2, 0) is 4.74 Å². The SMILES string of the molecule is C[C@H]1NC[C@H]2CC[C@@H]1N2C(=O)OC(C)(C)C. The van der Waals surface area contributed by atoms with Crippen molar-refractivity contribution in [2.75, 3.05) is 6.54 Å². The Kier molecular flexibility index (Phi) is 2.86. The van der Waals surface area contributed by atoms with E-state index >= 15 is 0 Å². The van der Waals surface area contributed by atoms with Gasteiger partial charge in [0.05, 0.1) is 6.04 Å². The van der Waals surface area contributed by atoms with Gasteiger partial charge >= 0.3 is 6.09 Å². The highest BCUT2D eigenvalue weighted by atomic mass is 16.6. The van der Waals surface area contributed by atoms with Crippen molar-refractivity contribution >= 4 is 6.09 Å². The van der Waals surface area contributed by atoms with Crippen LogP contribution >= 0.6 is 0 Å². The highest BCUT2D eigenvalue weighted by molar-refractivity contribution is 5.69. The first kappa shape index (κ1) is 11.7. The fourth-order valence-corrected chi connectivity index (χ4v) is 2.66. The summed E-state index contributed by atoms with van der Waals surface area (Å²) in [5.41, 5.74) is -0.398. The maximum Gasteiger partial charge on any atom is 0.410 e. The fraction of sp³-hybridized carbons (Fsp3) is 0.917. The monoisotopic (exact) mass is 226 g/mol. The number of ether oxygens (including phenoxy) is 1. The Morgan fingerprint density at radius 2 is 2.06 bits per heavy atom. The van der Waals surface area contributed by atoms with Gasteiger partial charge < -0.3 is 10.1 Å². The third-order valence-electron chi connectivity index (χ3n) is 3.40. The van der Waals surface area contributed by atoms with Crippen LogP contribution in [0, 0.1) is 0 Å². The summed E-state index contributed by atoms with van der Waals surface area (Å²) >= 11 is 0. The van der Waals surface area contributed by atoms with E-state index in [-0.39, 0.29) is 6.09 Å². The van der Waals surface area contributed by atoms with E-state index in [1.807, 2.05) is 25.7 Å². The lowest BCUT2D eigenvalue weighted by atomic mass is 10.1. The maximum absolute atomic E-state index is 12.1. The lowest BCUT2D eigenvalue weighted by Gasteiger charge is -2.39. The number of piperazine rings is 1. The van der Waals surface area contributed by atoms with E-state index in [1.165, 1.54) is 0 Å². The highest BCUT2D eigenvalue weighted by Gasteiger charge is 2.44. The molecule has 2 saturated heterocycles. The van der Waals surface area contributed by atoms with Crippen LogP contribution in [0.15, 0.2) is 0 Å². The Hall–Kier alpha value is -0.770. The first-order valence-corrected chi connectivity index (χ1v) is 6.13. The van der Waals surface area contributed by atoms with Gasteiger partial charge in [0.25, 0.3) is 0 Å². The molecule has 2 aliphatic rings. The summed E-state index contributed by atoms with van der Waals surface area (Å²) in [5.74, 6) is 0. The molecule has 4 nitrogen and oxygen atoms in total. The number of carbonyl (C=O) groups is 1. The molecule has 0 unspecified atom stereocenters. The van der Waals surface area contributed by atoms with Crippen LogP contribution in [0.2, 0.25) is 0 Å². The fourth-order valence-electron chi connectivity index (χ4n) is 2.66. The van der Waals surface area contributed by atoms with E-state index in [2.05, 4.69) is 12.2 Å². The molecular weight excluding hydrogens is 204 g/mol. The van der Waals surface area contributed by atoms with Gasteiger partial charge in [-0.2, -0.15) is 0 Å². The Morgan fingerprint density at radius 3 is 2.69 bits per heavy atom. The van der Waals surface area contributed by atoms with Gasteiger partial charge in [-0.05, 0) is 40.5 Å². The minimum Gasteiger partial charge on any atom is -0.444 e. The molecule has 3 atom stereocenters. The minimum atomic E-state index is -0.398. The molecule has 92 valence electrons. The summed E-state index contributed by atoms with van der Waals surface area (Å²) < 4.78 is 5.47. The topological polar surface area (TPSA) is 41.6 Å². The molecule has 1 N–H and O–H groups in total. The highest BCUT2D eigenvalue weighted by Crippen LogP contribution is 2.31. The van der Waals surface area contributed by atoms with Crippen molar-refractivity contribution in [3.05, 3.63) is 0 Å². The van der Waals surface area contributed by atoms with Gasteiger partial charge in [0.1, 0.15) is 5.60 Å². The van der Waals surface area contributed by atoms with Crippen LogP contribution in [0.4, 0.5) is 4.79 Å². The van der Waals surface area contributed by atoms with Crippen LogP contribution in [0.1, 0.15) is 40.5 Å². The summed E-state index contributed by atoms with van der Waals surface area (Å²) in [7, 11) is 0. The number of nitrogens with one attached hydrogen (secondary N) is 1. The molecule has 0 saturated carbocycles. The second kappa shape index (κ2) is 3.91. The molecule has 0 aromatic heterocycles. The largest absolute Gasteiger partial charge is 0.444 e. The Morgan fingerprint density at radius 1 is 1.38 bits per heavy atom. The first-order chi connectivity index (χ1) is 7.38. The third kappa shape index (κ3) is 2.17. The molecular formula is C12H22N2O2. The zero-order valence-electron chi connectivity index (χ0n) is 10.6. The number of rotatable bonds is 0. The van der Waals surface area contributed by atoms with Crippen molar-refractivity contribution in [3.8, 4) is 0 Å². The smallest absolute Gasteiger partial charge is 0.410 e. The van der Waals surface area contributed by atoms with Gasteiger partial charge in [0, 0.05) is 18.6 Å². The van der Waals surface area contributed by atoms with Gasteiger partial charge in [-0.15, -0.1) is 0 Å². The zero-order chi connectivity index (χ0) is 11.9. The minimum absolute atomic E-state index is 0.145. The molecule has 2 bridgehead atoms. The van der Waals surface area contributed by atoms with E-state index in [1.54, 1.807) is 0 Å². The van der Waals surface area contributed by atoms with Gasteiger partial charge in [-0.3, -0.25) is 4.90 Å². The molecule has 0 spiro atoms. The molecule has 0 aromatic rings.